The maximum absolute atomic E-state index is 13.0. The first-order valence-corrected chi connectivity index (χ1v) is 9.36. The highest BCUT2D eigenvalue weighted by molar-refractivity contribution is 5.95. The topological polar surface area (TPSA) is 81.6 Å². The molecule has 7 nitrogen and oxygen atoms in total. The van der Waals surface area contributed by atoms with E-state index in [9.17, 15) is 14.0 Å². The first-order chi connectivity index (χ1) is 13.6. The molecule has 0 spiro atoms. The van der Waals surface area contributed by atoms with Gasteiger partial charge < -0.3 is 14.4 Å². The zero-order valence-corrected chi connectivity index (χ0v) is 16.9. The third-order valence-electron chi connectivity index (χ3n) is 4.15. The number of hydrogen-bond donors (Lipinski definition) is 0. The van der Waals surface area contributed by atoms with E-state index in [2.05, 4.69) is 9.97 Å². The van der Waals surface area contributed by atoms with Gasteiger partial charge in [0.2, 0.25) is 0 Å². The Morgan fingerprint density at radius 3 is 2.59 bits per heavy atom. The van der Waals surface area contributed by atoms with E-state index in [1.54, 1.807) is 24.0 Å². The molecule has 154 valence electrons. The smallest absolute Gasteiger partial charge is 0.410 e. The van der Waals surface area contributed by atoms with Crippen LogP contribution in [-0.4, -0.2) is 51.5 Å². The normalized spacial score (nSPS) is 14.3. The van der Waals surface area contributed by atoms with Crippen LogP contribution in [0.15, 0.2) is 30.5 Å². The lowest BCUT2D eigenvalue weighted by atomic mass is 10.1. The standard InChI is InChI=1S/C21H24FN3O4/c1-13-7-16(28-17-11-25(12-17)20(27)29-21(2,3)4)9-18(24-13)19(26)8-15-6-5-14(22)10-23-15/h5-7,9-10,17H,8,11-12H2,1-4H3. The molecule has 1 aliphatic rings. The van der Waals surface area contributed by atoms with E-state index in [1.165, 1.54) is 12.1 Å². The van der Waals surface area contributed by atoms with Crippen molar-refractivity contribution in [3.05, 3.63) is 53.4 Å². The first kappa shape index (κ1) is 20.7. The van der Waals surface area contributed by atoms with Crippen molar-refractivity contribution in [1.82, 2.24) is 14.9 Å². The van der Waals surface area contributed by atoms with Crippen molar-refractivity contribution in [2.24, 2.45) is 0 Å². The first-order valence-electron chi connectivity index (χ1n) is 9.36. The van der Waals surface area contributed by atoms with Crippen molar-refractivity contribution in [3.8, 4) is 5.75 Å². The highest BCUT2D eigenvalue weighted by Gasteiger charge is 2.35. The molecule has 0 N–H and O–H groups in total. The molecule has 1 aliphatic heterocycles. The van der Waals surface area contributed by atoms with Crippen LogP contribution in [0.3, 0.4) is 0 Å². The Bertz CT molecular complexity index is 903. The van der Waals surface area contributed by atoms with Crippen LogP contribution in [0.25, 0.3) is 0 Å². The van der Waals surface area contributed by atoms with Gasteiger partial charge in [-0.1, -0.05) is 0 Å². The molecule has 1 fully saturated rings. The molecule has 0 saturated carbocycles. The number of Topliss-reactive ketones (excluding diaryl/α,β-unsaturated/α-hetero) is 1. The molecule has 2 aromatic heterocycles. The summed E-state index contributed by atoms with van der Waals surface area (Å²) < 4.78 is 24.2. The van der Waals surface area contributed by atoms with Gasteiger partial charge >= 0.3 is 6.09 Å². The molecule has 0 unspecified atom stereocenters. The van der Waals surface area contributed by atoms with E-state index < -0.39 is 11.4 Å². The van der Waals surface area contributed by atoms with Crippen molar-refractivity contribution in [3.63, 3.8) is 0 Å². The average molecular weight is 401 g/mol. The number of carbonyl (C=O) groups excluding carboxylic acids is 2. The van der Waals surface area contributed by atoms with Gasteiger partial charge in [0, 0.05) is 23.5 Å². The molecule has 3 rings (SSSR count). The summed E-state index contributed by atoms with van der Waals surface area (Å²) in [6, 6.07) is 6.05. The number of amides is 1. The number of pyridine rings is 2. The molecule has 2 aromatic rings. The highest BCUT2D eigenvalue weighted by atomic mass is 19.1. The molecule has 3 heterocycles. The minimum Gasteiger partial charge on any atom is -0.487 e. The predicted molar refractivity (Wildman–Crippen MR) is 103 cm³/mol. The fourth-order valence-electron chi connectivity index (χ4n) is 2.79. The summed E-state index contributed by atoms with van der Waals surface area (Å²) in [5, 5.41) is 0. The molecule has 0 bridgehead atoms. The van der Waals surface area contributed by atoms with Gasteiger partial charge in [-0.2, -0.15) is 0 Å². The third-order valence-corrected chi connectivity index (χ3v) is 4.15. The fraction of sp³-hybridized carbons (Fsp3) is 0.429. The minimum atomic E-state index is -0.542. The van der Waals surface area contributed by atoms with Gasteiger partial charge in [-0.25, -0.2) is 14.2 Å². The SMILES string of the molecule is Cc1cc(OC2CN(C(=O)OC(C)(C)C)C2)cc(C(=O)Cc2ccc(F)cn2)n1. The van der Waals surface area contributed by atoms with Crippen LogP contribution in [-0.2, 0) is 11.2 Å². The molecule has 0 aromatic carbocycles. The monoisotopic (exact) mass is 401 g/mol. The summed E-state index contributed by atoms with van der Waals surface area (Å²) in [5.41, 5.74) is 0.824. The zero-order valence-electron chi connectivity index (χ0n) is 16.9. The zero-order chi connectivity index (χ0) is 21.2. The van der Waals surface area contributed by atoms with Gasteiger partial charge in [0.1, 0.15) is 29.0 Å². The number of ketones is 1. The maximum Gasteiger partial charge on any atom is 0.410 e. The second kappa shape index (κ2) is 8.14. The Morgan fingerprint density at radius 1 is 1.24 bits per heavy atom. The Hall–Kier alpha value is -3.03. The summed E-state index contributed by atoms with van der Waals surface area (Å²) in [5.74, 6) is -0.171. The number of ether oxygens (including phenoxy) is 2. The second-order valence-electron chi connectivity index (χ2n) is 8.02. The maximum atomic E-state index is 13.0. The lowest BCUT2D eigenvalue weighted by molar-refractivity contribution is -0.0221. The number of carbonyl (C=O) groups is 2. The summed E-state index contributed by atoms with van der Waals surface area (Å²) in [4.78, 5) is 34.3. The molecule has 0 radical (unpaired) electrons. The van der Waals surface area contributed by atoms with Crippen LogP contribution >= 0.6 is 0 Å². The summed E-state index contributed by atoms with van der Waals surface area (Å²) >= 11 is 0. The molecular formula is C21H24FN3O4. The molecule has 0 aliphatic carbocycles. The number of aromatic nitrogens is 2. The number of aryl methyl sites for hydroxylation is 1. The van der Waals surface area contributed by atoms with Crippen molar-refractivity contribution in [2.45, 2.75) is 45.8 Å². The van der Waals surface area contributed by atoms with Crippen molar-refractivity contribution in [1.29, 1.82) is 0 Å². The van der Waals surface area contributed by atoms with Gasteiger partial charge in [0.05, 0.1) is 25.7 Å². The van der Waals surface area contributed by atoms with Crippen LogP contribution in [0.1, 0.15) is 42.6 Å². The molecular weight excluding hydrogens is 377 g/mol. The molecule has 0 atom stereocenters. The highest BCUT2D eigenvalue weighted by Crippen LogP contribution is 2.22. The fourth-order valence-corrected chi connectivity index (χ4v) is 2.79. The van der Waals surface area contributed by atoms with Gasteiger partial charge in [0.15, 0.2) is 5.78 Å². The lowest BCUT2D eigenvalue weighted by Gasteiger charge is -2.39. The molecule has 29 heavy (non-hydrogen) atoms. The van der Waals surface area contributed by atoms with Gasteiger partial charge in [-0.05, 0) is 39.8 Å². The Labute approximate surface area is 168 Å². The van der Waals surface area contributed by atoms with E-state index in [0.717, 1.165) is 6.20 Å². The summed E-state index contributed by atoms with van der Waals surface area (Å²) in [7, 11) is 0. The lowest BCUT2D eigenvalue weighted by Crippen LogP contribution is -2.57. The van der Waals surface area contributed by atoms with Gasteiger partial charge in [-0.3, -0.25) is 9.78 Å². The molecule has 8 heteroatoms. The summed E-state index contributed by atoms with van der Waals surface area (Å²) in [6.45, 7) is 8.06. The largest absolute Gasteiger partial charge is 0.487 e. The van der Waals surface area contributed by atoms with E-state index in [1.807, 2.05) is 20.8 Å². The number of hydrogen-bond acceptors (Lipinski definition) is 6. The van der Waals surface area contributed by atoms with E-state index >= 15 is 0 Å². The number of rotatable bonds is 5. The van der Waals surface area contributed by atoms with Crippen LogP contribution in [0.4, 0.5) is 9.18 Å². The van der Waals surface area contributed by atoms with E-state index in [4.69, 9.17) is 9.47 Å². The van der Waals surface area contributed by atoms with Crippen LogP contribution in [0.2, 0.25) is 0 Å². The van der Waals surface area contributed by atoms with Crippen molar-refractivity contribution in [2.75, 3.05) is 13.1 Å². The van der Waals surface area contributed by atoms with Gasteiger partial charge in [0.25, 0.3) is 0 Å². The minimum absolute atomic E-state index is 0.0199. The second-order valence-corrected chi connectivity index (χ2v) is 8.02. The quantitative estimate of drug-likeness (QED) is 0.715. The van der Waals surface area contributed by atoms with E-state index in [-0.39, 0.29) is 30.1 Å². The van der Waals surface area contributed by atoms with Crippen LogP contribution < -0.4 is 4.74 Å². The van der Waals surface area contributed by atoms with Crippen molar-refractivity contribution < 1.29 is 23.5 Å². The average Bonchev–Trinajstić information content (AvgIpc) is 2.57. The Morgan fingerprint density at radius 2 is 1.97 bits per heavy atom. The van der Waals surface area contributed by atoms with Crippen LogP contribution in [0, 0.1) is 12.7 Å². The number of likely N-dealkylation sites (tertiary alicyclic amines) is 1. The summed E-state index contributed by atoms with van der Waals surface area (Å²) in [6.07, 6.45) is 0.553. The van der Waals surface area contributed by atoms with Gasteiger partial charge in [-0.15, -0.1) is 0 Å². The molecule has 1 saturated heterocycles. The predicted octanol–water partition coefficient (Wildman–Crippen LogP) is 3.35. The number of halogens is 1. The molecule has 1 amide bonds. The van der Waals surface area contributed by atoms with E-state index in [0.29, 0.717) is 30.2 Å². The number of nitrogens with zero attached hydrogens (tertiary/aromatic N) is 3. The Kier molecular flexibility index (Phi) is 5.81. The van der Waals surface area contributed by atoms with Crippen molar-refractivity contribution >= 4 is 11.9 Å². The Balaban J connectivity index is 1.59. The van der Waals surface area contributed by atoms with Crippen LogP contribution in [0.5, 0.6) is 5.75 Å². The third kappa shape index (κ3) is 5.73.